The molecule has 0 radical (unpaired) electrons. The Bertz CT molecular complexity index is 1340. The Kier molecular flexibility index (Phi) is 9.47. The number of hydrogen-bond donors (Lipinski definition) is 1. The number of pyridine rings is 1. The van der Waals surface area contributed by atoms with Crippen molar-refractivity contribution in [1.82, 2.24) is 9.55 Å². The molecule has 202 valence electrons. The van der Waals surface area contributed by atoms with Crippen molar-refractivity contribution < 1.29 is 37.3 Å². The van der Waals surface area contributed by atoms with Crippen molar-refractivity contribution >= 4 is 28.5 Å². The zero-order valence-electron chi connectivity index (χ0n) is 21.0. The number of halogens is 3. The SMILES string of the molecule is [C-]#[N+]c1cnc2c(c1)c(C(=O)C[C@@H](C)CC(=O)O)c(CCCCOCc1cccc(OC(F)(F)F)c1)n2C. The minimum absolute atomic E-state index is 0.0564. The average molecular weight is 532 g/mol. The normalized spacial score (nSPS) is 12.3. The maximum Gasteiger partial charge on any atom is 0.573 e. The number of aromatic nitrogens is 2. The van der Waals surface area contributed by atoms with Crippen molar-refractivity contribution in [3.63, 3.8) is 0 Å². The quantitative estimate of drug-likeness (QED) is 0.159. The number of nitrogens with zero attached hydrogens (tertiary/aromatic N) is 3. The van der Waals surface area contributed by atoms with Crippen molar-refractivity contribution in [3.8, 4) is 5.75 Å². The molecule has 0 amide bonds. The van der Waals surface area contributed by atoms with Crippen molar-refractivity contribution in [3.05, 3.63) is 64.8 Å². The van der Waals surface area contributed by atoms with Crippen molar-refractivity contribution in [1.29, 1.82) is 0 Å². The van der Waals surface area contributed by atoms with Gasteiger partial charge in [-0.3, -0.25) is 9.59 Å². The van der Waals surface area contributed by atoms with Crippen LogP contribution in [-0.2, 0) is 29.6 Å². The number of rotatable bonds is 13. The number of benzene rings is 1. The molecule has 0 aliphatic carbocycles. The Morgan fingerprint density at radius 3 is 2.66 bits per heavy atom. The zero-order chi connectivity index (χ0) is 27.9. The summed E-state index contributed by atoms with van der Waals surface area (Å²) in [6.07, 6.45) is -1.58. The summed E-state index contributed by atoms with van der Waals surface area (Å²) in [5.74, 6) is -1.83. The van der Waals surface area contributed by atoms with Crippen LogP contribution in [0, 0.1) is 12.5 Å². The molecule has 2 heterocycles. The third-order valence-electron chi connectivity index (χ3n) is 5.95. The van der Waals surface area contributed by atoms with Crippen LogP contribution in [0.15, 0.2) is 36.5 Å². The van der Waals surface area contributed by atoms with Crippen LogP contribution in [-0.4, -0.2) is 39.4 Å². The Morgan fingerprint density at radius 2 is 1.97 bits per heavy atom. The van der Waals surface area contributed by atoms with E-state index in [2.05, 4.69) is 14.6 Å². The van der Waals surface area contributed by atoms with Gasteiger partial charge in [0, 0.05) is 49.3 Å². The van der Waals surface area contributed by atoms with Gasteiger partial charge in [0.25, 0.3) is 0 Å². The largest absolute Gasteiger partial charge is 0.573 e. The van der Waals surface area contributed by atoms with Crippen LogP contribution in [0.3, 0.4) is 0 Å². The Hall–Kier alpha value is -3.91. The first-order valence-electron chi connectivity index (χ1n) is 12.0. The average Bonchev–Trinajstić information content (AvgIpc) is 3.10. The first kappa shape index (κ1) is 28.7. The second-order valence-corrected chi connectivity index (χ2v) is 9.09. The van der Waals surface area contributed by atoms with Gasteiger partial charge in [0.05, 0.1) is 13.2 Å². The summed E-state index contributed by atoms with van der Waals surface area (Å²) in [4.78, 5) is 32.1. The fourth-order valence-electron chi connectivity index (χ4n) is 4.32. The maximum atomic E-state index is 13.3. The number of Topliss-reactive ketones (excluding diaryl/α,β-unsaturated/α-hetero) is 1. The number of ether oxygens (including phenoxy) is 2. The lowest BCUT2D eigenvalue weighted by Gasteiger charge is -2.11. The van der Waals surface area contributed by atoms with Gasteiger partial charge in [0.2, 0.25) is 5.69 Å². The molecule has 0 spiro atoms. The molecule has 8 nitrogen and oxygen atoms in total. The molecule has 3 rings (SSSR count). The minimum Gasteiger partial charge on any atom is -0.481 e. The highest BCUT2D eigenvalue weighted by Crippen LogP contribution is 2.31. The van der Waals surface area contributed by atoms with Crippen molar-refractivity contribution in [2.24, 2.45) is 13.0 Å². The molecule has 0 unspecified atom stereocenters. The Morgan fingerprint density at radius 1 is 1.21 bits per heavy atom. The van der Waals surface area contributed by atoms with Gasteiger partial charge in [-0.2, -0.15) is 0 Å². The third-order valence-corrected chi connectivity index (χ3v) is 5.95. The topological polar surface area (TPSA) is 95.0 Å². The van der Waals surface area contributed by atoms with Gasteiger partial charge in [-0.25, -0.2) is 9.83 Å². The zero-order valence-corrected chi connectivity index (χ0v) is 21.0. The number of carbonyl (C=O) groups is 2. The minimum atomic E-state index is -4.76. The van der Waals surface area contributed by atoms with Gasteiger partial charge in [-0.15, -0.1) is 13.2 Å². The number of aryl methyl sites for hydroxylation is 1. The molecule has 1 atom stereocenters. The predicted octanol–water partition coefficient (Wildman–Crippen LogP) is 6.25. The molecule has 0 saturated carbocycles. The molecule has 0 bridgehead atoms. The van der Waals surface area contributed by atoms with Crippen LogP contribution in [0.2, 0.25) is 0 Å². The van der Waals surface area contributed by atoms with Crippen LogP contribution >= 0.6 is 0 Å². The van der Waals surface area contributed by atoms with E-state index in [1.807, 2.05) is 4.57 Å². The van der Waals surface area contributed by atoms with E-state index in [4.69, 9.17) is 16.4 Å². The van der Waals surface area contributed by atoms with Gasteiger partial charge >= 0.3 is 12.3 Å². The number of hydrogen-bond acceptors (Lipinski definition) is 5. The van der Waals surface area contributed by atoms with Crippen LogP contribution in [0.4, 0.5) is 18.9 Å². The standard InChI is InChI=1S/C27H28F3N3O5/c1-17(12-24(35)36)11-23(34)25-21-14-19(31-2)15-32-26(21)33(3)22(25)9-4-5-10-37-16-18-7-6-8-20(13-18)38-27(28,29)30/h6-8,13-15,17H,4-5,9-12,16H2,1,3H3,(H,35,36)/t17-/m1/s1. The molecule has 2 aromatic heterocycles. The number of alkyl halides is 3. The van der Waals surface area contributed by atoms with Crippen LogP contribution in [0.1, 0.15) is 54.2 Å². The van der Waals surface area contributed by atoms with Crippen LogP contribution in [0.25, 0.3) is 15.9 Å². The number of carboxylic acid groups (broad SMARTS) is 1. The predicted molar refractivity (Wildman–Crippen MR) is 133 cm³/mol. The van der Waals surface area contributed by atoms with Crippen molar-refractivity contribution in [2.75, 3.05) is 6.61 Å². The van der Waals surface area contributed by atoms with E-state index >= 15 is 0 Å². The summed E-state index contributed by atoms with van der Waals surface area (Å²) >= 11 is 0. The lowest BCUT2D eigenvalue weighted by molar-refractivity contribution is -0.274. The number of unbranched alkanes of at least 4 members (excludes halogenated alkanes) is 1. The van der Waals surface area contributed by atoms with E-state index < -0.39 is 12.3 Å². The van der Waals surface area contributed by atoms with Crippen LogP contribution < -0.4 is 4.74 Å². The molecule has 0 saturated heterocycles. The molecular formula is C27H28F3N3O5. The summed E-state index contributed by atoms with van der Waals surface area (Å²) in [7, 11) is 1.80. The molecule has 1 aromatic carbocycles. The fraction of sp³-hybridized carbons (Fsp3) is 0.407. The van der Waals surface area contributed by atoms with Gasteiger partial charge in [-0.1, -0.05) is 19.1 Å². The Labute approximate surface area is 217 Å². The lowest BCUT2D eigenvalue weighted by atomic mass is 9.94. The summed E-state index contributed by atoms with van der Waals surface area (Å²) in [6, 6.07) is 7.23. The number of carboxylic acids is 1. The fourth-order valence-corrected chi connectivity index (χ4v) is 4.32. The summed E-state index contributed by atoms with van der Waals surface area (Å²) in [6.45, 7) is 9.48. The van der Waals surface area contributed by atoms with E-state index in [0.29, 0.717) is 53.7 Å². The molecule has 0 aliphatic heterocycles. The number of aliphatic carboxylic acids is 1. The number of carbonyl (C=O) groups excluding carboxylic acids is 1. The first-order valence-corrected chi connectivity index (χ1v) is 12.0. The van der Waals surface area contributed by atoms with Crippen LogP contribution in [0.5, 0.6) is 5.75 Å². The van der Waals surface area contributed by atoms with E-state index in [0.717, 1.165) is 5.69 Å². The summed E-state index contributed by atoms with van der Waals surface area (Å²) in [5.41, 5.74) is 2.63. The van der Waals surface area contributed by atoms with E-state index in [9.17, 15) is 22.8 Å². The van der Waals surface area contributed by atoms with Crippen molar-refractivity contribution in [2.45, 2.75) is 52.0 Å². The first-order chi connectivity index (χ1) is 18.0. The third kappa shape index (κ3) is 7.79. The van der Waals surface area contributed by atoms with E-state index in [-0.39, 0.29) is 36.9 Å². The van der Waals surface area contributed by atoms with Gasteiger partial charge < -0.3 is 19.1 Å². The molecule has 0 fully saturated rings. The second-order valence-electron chi connectivity index (χ2n) is 9.09. The molecule has 0 aliphatic rings. The highest BCUT2D eigenvalue weighted by Gasteiger charge is 2.31. The summed E-state index contributed by atoms with van der Waals surface area (Å²) in [5, 5.41) is 9.63. The molecule has 38 heavy (non-hydrogen) atoms. The lowest BCUT2D eigenvalue weighted by Crippen LogP contribution is -2.17. The molecule has 3 aromatic rings. The maximum absolute atomic E-state index is 13.3. The second kappa shape index (κ2) is 12.6. The summed E-state index contributed by atoms with van der Waals surface area (Å²) < 4.78 is 48.6. The number of ketones is 1. The Balaban J connectivity index is 1.65. The van der Waals surface area contributed by atoms with Gasteiger partial charge in [-0.05, 0) is 48.9 Å². The number of fused-ring (bicyclic) bond motifs is 1. The molecular weight excluding hydrogens is 503 g/mol. The molecule has 1 N–H and O–H groups in total. The molecule has 11 heteroatoms. The highest BCUT2D eigenvalue weighted by atomic mass is 19.4. The van der Waals surface area contributed by atoms with E-state index in [1.54, 1.807) is 26.1 Å². The highest BCUT2D eigenvalue weighted by molar-refractivity contribution is 6.09. The van der Waals surface area contributed by atoms with E-state index in [1.165, 1.54) is 24.4 Å². The van der Waals surface area contributed by atoms with Gasteiger partial charge in [0.1, 0.15) is 11.4 Å². The van der Waals surface area contributed by atoms with Gasteiger partial charge in [0.15, 0.2) is 5.78 Å². The smallest absolute Gasteiger partial charge is 0.481 e. The monoisotopic (exact) mass is 531 g/mol.